The van der Waals surface area contributed by atoms with Gasteiger partial charge in [0.1, 0.15) is 17.9 Å². The Morgan fingerprint density at radius 3 is 2.56 bits per heavy atom. The van der Waals surface area contributed by atoms with E-state index in [2.05, 4.69) is 9.97 Å². The zero-order chi connectivity index (χ0) is 19.4. The second kappa shape index (κ2) is 7.86. The third kappa shape index (κ3) is 4.06. The highest BCUT2D eigenvalue weighted by atomic mass is 19.1. The van der Waals surface area contributed by atoms with E-state index < -0.39 is 11.9 Å². The second-order valence-electron chi connectivity index (χ2n) is 6.19. The van der Waals surface area contributed by atoms with Crippen molar-refractivity contribution in [1.29, 1.82) is 0 Å². The van der Waals surface area contributed by atoms with Crippen LogP contribution >= 0.6 is 0 Å². The van der Waals surface area contributed by atoms with Gasteiger partial charge in [-0.25, -0.2) is 9.37 Å². The number of amides is 1. The van der Waals surface area contributed by atoms with Crippen LogP contribution in [-0.2, 0) is 0 Å². The zero-order valence-electron chi connectivity index (χ0n) is 15.0. The van der Waals surface area contributed by atoms with Crippen molar-refractivity contribution >= 4 is 18.0 Å². The van der Waals surface area contributed by atoms with Crippen molar-refractivity contribution in [2.45, 2.75) is 19.9 Å². The maximum Gasteiger partial charge on any atom is 0.260 e. The lowest BCUT2D eigenvalue weighted by molar-refractivity contribution is 0.0977. The van der Waals surface area contributed by atoms with Crippen molar-refractivity contribution in [1.82, 2.24) is 9.97 Å². The minimum absolute atomic E-state index is 0.325. The lowest BCUT2D eigenvalue weighted by Gasteiger charge is -2.28. The van der Waals surface area contributed by atoms with E-state index in [1.807, 2.05) is 13.0 Å². The third-order valence-corrected chi connectivity index (χ3v) is 4.20. The Kier molecular flexibility index (Phi) is 5.35. The Balaban J connectivity index is 2.05. The highest BCUT2D eigenvalue weighted by Crippen LogP contribution is 2.27. The van der Waals surface area contributed by atoms with Crippen molar-refractivity contribution in [2.24, 2.45) is 0 Å². The van der Waals surface area contributed by atoms with Crippen LogP contribution in [0.1, 0.15) is 44.9 Å². The van der Waals surface area contributed by atoms with Gasteiger partial charge in [-0.15, -0.1) is 0 Å². The van der Waals surface area contributed by atoms with Gasteiger partial charge in [0, 0.05) is 17.3 Å². The van der Waals surface area contributed by atoms with E-state index in [-0.39, 0.29) is 5.91 Å². The summed E-state index contributed by atoms with van der Waals surface area (Å²) in [5.41, 5.74) is 2.25. The molecule has 0 aliphatic rings. The summed E-state index contributed by atoms with van der Waals surface area (Å²) in [6, 6.07) is 12.4. The van der Waals surface area contributed by atoms with E-state index in [0.29, 0.717) is 28.9 Å². The average Bonchev–Trinajstić information content (AvgIpc) is 2.70. The smallest absolute Gasteiger partial charge is 0.260 e. The van der Waals surface area contributed by atoms with Crippen molar-refractivity contribution in [3.63, 3.8) is 0 Å². The Morgan fingerprint density at radius 2 is 1.93 bits per heavy atom. The van der Waals surface area contributed by atoms with Gasteiger partial charge in [-0.2, -0.15) is 0 Å². The van der Waals surface area contributed by atoms with E-state index in [1.54, 1.807) is 37.4 Å². The number of nitrogens with zero attached hydrogens (tertiary/aromatic N) is 3. The van der Waals surface area contributed by atoms with Crippen LogP contribution in [0.5, 0.6) is 0 Å². The molecule has 2 aromatic heterocycles. The van der Waals surface area contributed by atoms with Gasteiger partial charge in [-0.3, -0.25) is 19.5 Å². The Bertz CT molecular complexity index is 956. The normalized spacial score (nSPS) is 11.7. The van der Waals surface area contributed by atoms with Crippen molar-refractivity contribution in [3.05, 3.63) is 89.1 Å². The van der Waals surface area contributed by atoms with E-state index in [1.165, 1.54) is 23.1 Å². The molecule has 3 aromatic rings. The van der Waals surface area contributed by atoms with Gasteiger partial charge < -0.3 is 0 Å². The van der Waals surface area contributed by atoms with Gasteiger partial charge in [0.05, 0.1) is 17.9 Å². The fraction of sp³-hybridized carbons (Fsp3) is 0.143. The van der Waals surface area contributed by atoms with Gasteiger partial charge in [-0.05, 0) is 49.7 Å². The minimum atomic E-state index is -0.492. The van der Waals surface area contributed by atoms with Gasteiger partial charge in [0.25, 0.3) is 5.91 Å². The zero-order valence-corrected chi connectivity index (χ0v) is 15.0. The molecule has 0 saturated heterocycles. The first kappa shape index (κ1) is 18.4. The quantitative estimate of drug-likeness (QED) is 0.639. The fourth-order valence-corrected chi connectivity index (χ4v) is 2.73. The van der Waals surface area contributed by atoms with Crippen LogP contribution in [0.2, 0.25) is 0 Å². The minimum Gasteiger partial charge on any atom is -0.298 e. The number of pyridine rings is 2. The predicted molar refractivity (Wildman–Crippen MR) is 100 cm³/mol. The van der Waals surface area contributed by atoms with Gasteiger partial charge >= 0.3 is 0 Å². The predicted octanol–water partition coefficient (Wildman–Crippen LogP) is 4.14. The highest BCUT2D eigenvalue weighted by Gasteiger charge is 2.26. The molecule has 6 heteroatoms. The van der Waals surface area contributed by atoms with E-state index in [0.717, 1.165) is 11.8 Å². The molecule has 136 valence electrons. The van der Waals surface area contributed by atoms with E-state index in [9.17, 15) is 14.0 Å². The van der Waals surface area contributed by atoms with Crippen molar-refractivity contribution in [2.75, 3.05) is 4.90 Å². The molecular formula is C21H18FN3O2. The molecule has 0 radical (unpaired) electrons. The molecule has 5 nitrogen and oxygen atoms in total. The topological polar surface area (TPSA) is 63.2 Å². The summed E-state index contributed by atoms with van der Waals surface area (Å²) >= 11 is 0. The number of rotatable bonds is 5. The fourth-order valence-electron chi connectivity index (χ4n) is 2.73. The van der Waals surface area contributed by atoms with E-state index >= 15 is 0 Å². The van der Waals surface area contributed by atoms with Gasteiger partial charge in [0.15, 0.2) is 0 Å². The molecule has 2 heterocycles. The summed E-state index contributed by atoms with van der Waals surface area (Å²) in [5.74, 6) is -0.328. The summed E-state index contributed by atoms with van der Waals surface area (Å²) in [4.78, 5) is 34.3. The first-order chi connectivity index (χ1) is 13.0. The SMILES string of the molecule is Cc1ccc(N(C(=O)c2cccc(C=O)c2)[C@H](C)c2ccc(F)cn2)nc1. The number of halogens is 1. The molecule has 3 rings (SSSR count). The number of anilines is 1. The molecule has 0 unspecified atom stereocenters. The summed E-state index contributed by atoms with van der Waals surface area (Å²) in [7, 11) is 0. The molecule has 1 atom stereocenters. The number of benzene rings is 1. The Labute approximate surface area is 156 Å². The molecule has 1 amide bonds. The van der Waals surface area contributed by atoms with Crippen LogP contribution in [-0.4, -0.2) is 22.2 Å². The number of carbonyl (C=O) groups excluding carboxylic acids is 2. The molecule has 27 heavy (non-hydrogen) atoms. The van der Waals surface area contributed by atoms with Crippen LogP contribution in [0.15, 0.2) is 60.9 Å². The monoisotopic (exact) mass is 363 g/mol. The number of carbonyl (C=O) groups is 2. The maximum absolute atomic E-state index is 13.2. The standard InChI is InChI=1S/C21H18FN3O2/c1-14-6-9-20(24-11-14)25(15(2)19-8-7-18(22)12-23-19)21(27)17-5-3-4-16(10-17)13-26/h3-13,15H,1-2H3/t15-/m1/s1. The van der Waals surface area contributed by atoms with Gasteiger partial charge in [-0.1, -0.05) is 18.2 Å². The molecule has 0 spiro atoms. The molecule has 1 aromatic carbocycles. The van der Waals surface area contributed by atoms with Crippen LogP contribution in [0.25, 0.3) is 0 Å². The van der Waals surface area contributed by atoms with Crippen LogP contribution in [0.3, 0.4) is 0 Å². The average molecular weight is 363 g/mol. The Hall–Kier alpha value is -3.41. The second-order valence-corrected chi connectivity index (χ2v) is 6.19. The number of hydrogen-bond donors (Lipinski definition) is 0. The molecule has 0 saturated carbocycles. The summed E-state index contributed by atoms with van der Waals surface area (Å²) in [5, 5.41) is 0. The van der Waals surface area contributed by atoms with Crippen LogP contribution in [0.4, 0.5) is 10.2 Å². The molecule has 0 bridgehead atoms. The number of hydrogen-bond acceptors (Lipinski definition) is 4. The third-order valence-electron chi connectivity index (χ3n) is 4.20. The number of aryl methyl sites for hydroxylation is 1. The molecule has 0 fully saturated rings. The molecular weight excluding hydrogens is 345 g/mol. The van der Waals surface area contributed by atoms with Crippen molar-refractivity contribution < 1.29 is 14.0 Å². The summed E-state index contributed by atoms with van der Waals surface area (Å²) in [6.45, 7) is 3.70. The summed E-state index contributed by atoms with van der Waals surface area (Å²) in [6.07, 6.45) is 3.47. The lowest BCUT2D eigenvalue weighted by Crippen LogP contribution is -2.34. The van der Waals surface area contributed by atoms with E-state index in [4.69, 9.17) is 0 Å². The highest BCUT2D eigenvalue weighted by molar-refractivity contribution is 6.06. The number of aromatic nitrogens is 2. The van der Waals surface area contributed by atoms with Gasteiger partial charge in [0.2, 0.25) is 0 Å². The first-order valence-electron chi connectivity index (χ1n) is 8.42. The Morgan fingerprint density at radius 1 is 1.11 bits per heavy atom. The summed E-state index contributed by atoms with van der Waals surface area (Å²) < 4.78 is 13.2. The molecule has 0 N–H and O–H groups in total. The lowest BCUT2D eigenvalue weighted by atomic mass is 10.1. The van der Waals surface area contributed by atoms with Crippen molar-refractivity contribution in [3.8, 4) is 0 Å². The molecule has 0 aliphatic heterocycles. The van der Waals surface area contributed by atoms with Crippen LogP contribution < -0.4 is 4.90 Å². The van der Waals surface area contributed by atoms with Crippen LogP contribution in [0, 0.1) is 12.7 Å². The maximum atomic E-state index is 13.2. The first-order valence-corrected chi connectivity index (χ1v) is 8.42. The largest absolute Gasteiger partial charge is 0.298 e. The number of aldehydes is 1. The molecule has 0 aliphatic carbocycles.